The van der Waals surface area contributed by atoms with Crippen molar-refractivity contribution in [2.24, 2.45) is 0 Å². The van der Waals surface area contributed by atoms with Crippen LogP contribution >= 0.6 is 28.3 Å². The number of anilines is 1. The third kappa shape index (κ3) is 4.19. The lowest BCUT2D eigenvalue weighted by molar-refractivity contribution is -0.274. The number of pyridine rings is 1. The van der Waals surface area contributed by atoms with Crippen molar-refractivity contribution in [3.63, 3.8) is 0 Å². The van der Waals surface area contributed by atoms with E-state index >= 15 is 0 Å². The third-order valence-electron chi connectivity index (χ3n) is 3.43. The van der Waals surface area contributed by atoms with Crippen molar-refractivity contribution in [2.75, 3.05) is 31.1 Å². The normalized spacial score (nSPS) is 15.4. The van der Waals surface area contributed by atoms with E-state index in [2.05, 4.69) is 35.9 Å². The van der Waals surface area contributed by atoms with Crippen molar-refractivity contribution < 1.29 is 17.9 Å². The van der Waals surface area contributed by atoms with Crippen LogP contribution in [0.25, 0.3) is 10.9 Å². The van der Waals surface area contributed by atoms with Crippen LogP contribution < -0.4 is 15.0 Å². The van der Waals surface area contributed by atoms with Crippen LogP contribution in [-0.4, -0.2) is 37.5 Å². The SMILES string of the molecule is Cl.FC(F)(F)Oc1ccc2ncc(Br)c(N3CCNCC3)c2c1. The maximum Gasteiger partial charge on any atom is 0.573 e. The summed E-state index contributed by atoms with van der Waals surface area (Å²) in [5.41, 5.74) is 1.48. The van der Waals surface area contributed by atoms with Crippen molar-refractivity contribution in [1.82, 2.24) is 10.3 Å². The van der Waals surface area contributed by atoms with Gasteiger partial charge in [-0.25, -0.2) is 0 Å². The Hall–Kier alpha value is -1.25. The Morgan fingerprint density at radius 1 is 1.22 bits per heavy atom. The number of ether oxygens (including phenoxy) is 1. The fourth-order valence-electron chi connectivity index (χ4n) is 2.54. The molecule has 3 rings (SSSR count). The first-order valence-corrected chi connectivity index (χ1v) is 7.53. The molecule has 0 unspecified atom stereocenters. The predicted octanol–water partition coefficient (Wildman–Crippen LogP) is 3.73. The minimum Gasteiger partial charge on any atom is -0.406 e. The molecule has 0 aliphatic carbocycles. The van der Waals surface area contributed by atoms with Crippen LogP contribution in [0.2, 0.25) is 0 Å². The van der Waals surface area contributed by atoms with Gasteiger partial charge in [0.25, 0.3) is 0 Å². The molecule has 1 aliphatic rings. The highest BCUT2D eigenvalue weighted by Crippen LogP contribution is 2.36. The zero-order valence-electron chi connectivity index (χ0n) is 11.9. The Morgan fingerprint density at radius 3 is 2.57 bits per heavy atom. The highest BCUT2D eigenvalue weighted by molar-refractivity contribution is 9.10. The first-order valence-electron chi connectivity index (χ1n) is 6.74. The Balaban J connectivity index is 0.00000192. The number of fused-ring (bicyclic) bond motifs is 1. The first-order chi connectivity index (χ1) is 10.4. The molecule has 1 aromatic carbocycles. The van der Waals surface area contributed by atoms with Crippen LogP contribution in [0.4, 0.5) is 18.9 Å². The molecule has 1 aromatic heterocycles. The predicted molar refractivity (Wildman–Crippen MR) is 88.5 cm³/mol. The van der Waals surface area contributed by atoms with Crippen LogP contribution in [0.3, 0.4) is 0 Å². The van der Waals surface area contributed by atoms with Crippen molar-refractivity contribution in [1.29, 1.82) is 0 Å². The number of aromatic nitrogens is 1. The van der Waals surface area contributed by atoms with Crippen molar-refractivity contribution in [3.8, 4) is 5.75 Å². The molecule has 0 amide bonds. The number of piperazine rings is 1. The van der Waals surface area contributed by atoms with Crippen LogP contribution in [0.5, 0.6) is 5.75 Å². The van der Waals surface area contributed by atoms with Gasteiger partial charge in [0.2, 0.25) is 0 Å². The molecule has 23 heavy (non-hydrogen) atoms. The molecule has 1 saturated heterocycles. The largest absolute Gasteiger partial charge is 0.573 e. The molecular weight excluding hydrogens is 399 g/mol. The van der Waals surface area contributed by atoms with Gasteiger partial charge in [-0.05, 0) is 34.1 Å². The number of alkyl halides is 3. The van der Waals surface area contributed by atoms with Gasteiger partial charge in [-0.3, -0.25) is 4.98 Å². The zero-order valence-corrected chi connectivity index (χ0v) is 14.3. The summed E-state index contributed by atoms with van der Waals surface area (Å²) in [6.07, 6.45) is -3.04. The monoisotopic (exact) mass is 411 g/mol. The van der Waals surface area contributed by atoms with Gasteiger partial charge in [-0.2, -0.15) is 0 Å². The number of nitrogens with zero attached hydrogens (tertiary/aromatic N) is 2. The zero-order chi connectivity index (χ0) is 15.7. The molecule has 0 saturated carbocycles. The molecule has 2 aromatic rings. The average molecular weight is 413 g/mol. The molecule has 4 nitrogen and oxygen atoms in total. The summed E-state index contributed by atoms with van der Waals surface area (Å²) in [6, 6.07) is 4.20. The molecule has 1 aliphatic heterocycles. The smallest absolute Gasteiger partial charge is 0.406 e. The Bertz CT molecular complexity index is 693. The molecule has 0 atom stereocenters. The van der Waals surface area contributed by atoms with E-state index in [1.807, 2.05) is 0 Å². The molecule has 1 fully saturated rings. The summed E-state index contributed by atoms with van der Waals surface area (Å²) in [5.74, 6) is -0.240. The summed E-state index contributed by atoms with van der Waals surface area (Å²) >= 11 is 3.45. The minimum absolute atomic E-state index is 0. The van der Waals surface area contributed by atoms with Gasteiger partial charge in [-0.1, -0.05) is 0 Å². The number of halogens is 5. The second kappa shape index (κ2) is 7.11. The summed E-state index contributed by atoms with van der Waals surface area (Å²) < 4.78 is 42.0. The molecule has 2 heterocycles. The second-order valence-corrected chi connectivity index (χ2v) is 5.77. The molecule has 0 spiro atoms. The first kappa shape index (κ1) is 18.1. The Kier molecular flexibility index (Phi) is 5.59. The molecule has 9 heteroatoms. The van der Waals surface area contributed by atoms with E-state index < -0.39 is 6.36 Å². The van der Waals surface area contributed by atoms with E-state index in [4.69, 9.17) is 0 Å². The van der Waals surface area contributed by atoms with Crippen molar-refractivity contribution in [3.05, 3.63) is 28.9 Å². The van der Waals surface area contributed by atoms with Gasteiger partial charge in [0.15, 0.2) is 0 Å². The molecular formula is C14H14BrClF3N3O. The topological polar surface area (TPSA) is 37.4 Å². The van der Waals surface area contributed by atoms with E-state index in [0.717, 1.165) is 36.3 Å². The van der Waals surface area contributed by atoms with Gasteiger partial charge in [0.1, 0.15) is 5.75 Å². The lowest BCUT2D eigenvalue weighted by Crippen LogP contribution is -2.43. The number of hydrogen-bond acceptors (Lipinski definition) is 4. The fourth-order valence-corrected chi connectivity index (χ4v) is 3.11. The summed E-state index contributed by atoms with van der Waals surface area (Å²) in [4.78, 5) is 6.37. The third-order valence-corrected chi connectivity index (χ3v) is 4.01. The van der Waals surface area contributed by atoms with E-state index in [-0.39, 0.29) is 18.2 Å². The average Bonchev–Trinajstić information content (AvgIpc) is 2.46. The summed E-state index contributed by atoms with van der Waals surface area (Å²) in [7, 11) is 0. The maximum absolute atomic E-state index is 12.4. The van der Waals surface area contributed by atoms with Crippen LogP contribution in [0, 0.1) is 0 Å². The van der Waals surface area contributed by atoms with Gasteiger partial charge in [-0.15, -0.1) is 25.6 Å². The molecule has 0 radical (unpaired) electrons. The van der Waals surface area contributed by atoms with Crippen molar-refractivity contribution >= 4 is 44.9 Å². The van der Waals surface area contributed by atoms with Crippen LogP contribution in [0.15, 0.2) is 28.9 Å². The van der Waals surface area contributed by atoms with Gasteiger partial charge in [0, 0.05) is 37.8 Å². The lowest BCUT2D eigenvalue weighted by atomic mass is 10.1. The minimum atomic E-state index is -4.71. The summed E-state index contributed by atoms with van der Waals surface area (Å²) in [5, 5.41) is 3.89. The number of benzene rings is 1. The quantitative estimate of drug-likeness (QED) is 0.816. The van der Waals surface area contributed by atoms with E-state index in [1.165, 1.54) is 18.2 Å². The van der Waals surface area contributed by atoms with E-state index in [1.54, 1.807) is 6.20 Å². The van der Waals surface area contributed by atoms with Crippen molar-refractivity contribution in [2.45, 2.75) is 6.36 Å². The molecule has 1 N–H and O–H groups in total. The van der Waals surface area contributed by atoms with Gasteiger partial charge >= 0.3 is 6.36 Å². The van der Waals surface area contributed by atoms with Gasteiger partial charge < -0.3 is 15.0 Å². The Morgan fingerprint density at radius 2 is 1.91 bits per heavy atom. The van der Waals surface area contributed by atoms with Crippen LogP contribution in [0.1, 0.15) is 0 Å². The Labute approximate surface area is 145 Å². The summed E-state index contributed by atoms with van der Waals surface area (Å²) in [6.45, 7) is 3.22. The molecule has 126 valence electrons. The highest BCUT2D eigenvalue weighted by atomic mass is 79.9. The number of hydrogen-bond donors (Lipinski definition) is 1. The standard InChI is InChI=1S/C14H13BrF3N3O.ClH/c15-11-8-20-12-2-1-9(22-14(16,17)18)7-10(12)13(11)21-5-3-19-4-6-21;/h1-2,7-8,19H,3-6H2;1H. The number of nitrogens with one attached hydrogen (secondary N) is 1. The highest BCUT2D eigenvalue weighted by Gasteiger charge is 2.31. The number of rotatable bonds is 2. The maximum atomic E-state index is 12.4. The van der Waals surface area contributed by atoms with Crippen LogP contribution in [-0.2, 0) is 0 Å². The van der Waals surface area contributed by atoms with Gasteiger partial charge in [0.05, 0.1) is 15.7 Å². The van der Waals surface area contributed by atoms with E-state index in [0.29, 0.717) is 10.9 Å². The second-order valence-electron chi connectivity index (χ2n) is 4.92. The van der Waals surface area contributed by atoms with E-state index in [9.17, 15) is 13.2 Å². The lowest BCUT2D eigenvalue weighted by Gasteiger charge is -2.31. The fraction of sp³-hybridized carbons (Fsp3) is 0.357. The molecule has 0 bridgehead atoms.